The maximum Gasteiger partial charge on any atom is 0.196 e. The van der Waals surface area contributed by atoms with Gasteiger partial charge in [-0.2, -0.15) is 0 Å². The first-order chi connectivity index (χ1) is 9.56. The molecule has 108 valence electrons. The molecular weight excluding hydrogens is 316 g/mol. The second-order valence-electron chi connectivity index (χ2n) is 5.43. The summed E-state index contributed by atoms with van der Waals surface area (Å²) in [5.74, 6) is 2.28. The Morgan fingerprint density at radius 2 is 2.15 bits per heavy atom. The van der Waals surface area contributed by atoms with Crippen LogP contribution in [0.5, 0.6) is 0 Å². The largest absolute Gasteiger partial charge is 0.441 e. The van der Waals surface area contributed by atoms with Gasteiger partial charge in [-0.1, -0.05) is 41.9 Å². The van der Waals surface area contributed by atoms with Gasteiger partial charge in [0.25, 0.3) is 0 Å². The first kappa shape index (κ1) is 15.3. The lowest BCUT2D eigenvalue weighted by molar-refractivity contribution is 0.483. The fourth-order valence-electron chi connectivity index (χ4n) is 1.89. The molecule has 1 aromatic heterocycles. The molecule has 0 aliphatic heterocycles. The molecule has 0 fully saturated rings. The number of aromatic nitrogens is 1. The van der Waals surface area contributed by atoms with E-state index in [-0.39, 0.29) is 0 Å². The molecule has 0 amide bonds. The van der Waals surface area contributed by atoms with Crippen molar-refractivity contribution in [2.45, 2.75) is 27.2 Å². The maximum atomic E-state index is 5.80. The van der Waals surface area contributed by atoms with E-state index in [1.807, 2.05) is 0 Å². The predicted molar refractivity (Wildman–Crippen MR) is 85.8 cm³/mol. The van der Waals surface area contributed by atoms with Gasteiger partial charge in [0.2, 0.25) is 0 Å². The number of benzene rings is 1. The van der Waals surface area contributed by atoms with Gasteiger partial charge in [0.05, 0.1) is 6.20 Å². The highest BCUT2D eigenvalue weighted by Crippen LogP contribution is 2.26. The van der Waals surface area contributed by atoms with Gasteiger partial charge >= 0.3 is 0 Å². The predicted octanol–water partition coefficient (Wildman–Crippen LogP) is 4.20. The zero-order valence-electron chi connectivity index (χ0n) is 12.2. The Hall–Kier alpha value is -1.13. The van der Waals surface area contributed by atoms with Crippen molar-refractivity contribution in [3.63, 3.8) is 0 Å². The molecule has 20 heavy (non-hydrogen) atoms. The highest BCUT2D eigenvalue weighted by molar-refractivity contribution is 9.10. The highest BCUT2D eigenvalue weighted by Gasteiger charge is 2.07. The number of rotatable bonds is 6. The summed E-state index contributed by atoms with van der Waals surface area (Å²) in [6, 6.07) is 6.20. The molecule has 1 aromatic carbocycles. The zero-order valence-corrected chi connectivity index (χ0v) is 13.8. The minimum atomic E-state index is 0.667. The van der Waals surface area contributed by atoms with Crippen molar-refractivity contribution in [3.8, 4) is 11.3 Å². The normalized spacial score (nSPS) is 11.2. The summed E-state index contributed by atoms with van der Waals surface area (Å²) in [6.07, 6.45) is 2.62. The lowest BCUT2D eigenvalue weighted by atomic mass is 10.1. The van der Waals surface area contributed by atoms with Crippen molar-refractivity contribution in [1.29, 1.82) is 0 Å². The van der Waals surface area contributed by atoms with E-state index < -0.39 is 0 Å². The third kappa shape index (κ3) is 4.18. The summed E-state index contributed by atoms with van der Waals surface area (Å²) in [6.45, 7) is 8.39. The van der Waals surface area contributed by atoms with Crippen LogP contribution >= 0.6 is 15.9 Å². The van der Waals surface area contributed by atoms with Gasteiger partial charge in [-0.15, -0.1) is 0 Å². The van der Waals surface area contributed by atoms with Gasteiger partial charge in [0.1, 0.15) is 0 Å². The van der Waals surface area contributed by atoms with Gasteiger partial charge < -0.3 is 9.73 Å². The van der Waals surface area contributed by atoms with Crippen LogP contribution in [0.25, 0.3) is 11.3 Å². The topological polar surface area (TPSA) is 38.1 Å². The SMILES string of the molecule is Cc1ccc(-c2cnc(CCNCC(C)C)o2)cc1Br. The summed E-state index contributed by atoms with van der Waals surface area (Å²) >= 11 is 3.54. The van der Waals surface area contributed by atoms with Crippen LogP contribution in [0.1, 0.15) is 25.3 Å². The molecule has 3 nitrogen and oxygen atoms in total. The summed E-state index contributed by atoms with van der Waals surface area (Å²) in [7, 11) is 0. The summed E-state index contributed by atoms with van der Waals surface area (Å²) in [5.41, 5.74) is 2.27. The number of hydrogen-bond acceptors (Lipinski definition) is 3. The average Bonchev–Trinajstić information content (AvgIpc) is 2.86. The number of nitrogens with zero attached hydrogens (tertiary/aromatic N) is 1. The fourth-order valence-corrected chi connectivity index (χ4v) is 2.27. The molecule has 1 heterocycles. The molecule has 0 bridgehead atoms. The van der Waals surface area contributed by atoms with Gasteiger partial charge in [-0.05, 0) is 31.0 Å². The van der Waals surface area contributed by atoms with E-state index in [1.54, 1.807) is 6.20 Å². The molecule has 4 heteroatoms. The molecule has 0 radical (unpaired) electrons. The molecule has 0 saturated carbocycles. The van der Waals surface area contributed by atoms with Crippen molar-refractivity contribution < 1.29 is 4.42 Å². The smallest absolute Gasteiger partial charge is 0.196 e. The molecule has 0 aliphatic rings. The average molecular weight is 337 g/mol. The molecule has 0 unspecified atom stereocenters. The lowest BCUT2D eigenvalue weighted by Gasteiger charge is -2.05. The monoisotopic (exact) mass is 336 g/mol. The van der Waals surface area contributed by atoms with Crippen LogP contribution in [0.4, 0.5) is 0 Å². The Labute approximate surface area is 128 Å². The minimum Gasteiger partial charge on any atom is -0.441 e. The van der Waals surface area contributed by atoms with Crippen LogP contribution < -0.4 is 5.32 Å². The summed E-state index contributed by atoms with van der Waals surface area (Å²) < 4.78 is 6.89. The quantitative estimate of drug-likeness (QED) is 0.803. The second-order valence-corrected chi connectivity index (χ2v) is 6.28. The fraction of sp³-hybridized carbons (Fsp3) is 0.438. The number of nitrogens with one attached hydrogen (secondary N) is 1. The highest BCUT2D eigenvalue weighted by atomic mass is 79.9. The molecule has 0 saturated heterocycles. The van der Waals surface area contributed by atoms with E-state index >= 15 is 0 Å². The third-order valence-corrected chi connectivity index (χ3v) is 3.93. The first-order valence-electron chi connectivity index (χ1n) is 6.98. The van der Waals surface area contributed by atoms with Crippen molar-refractivity contribution in [1.82, 2.24) is 10.3 Å². The van der Waals surface area contributed by atoms with E-state index in [1.165, 1.54) is 5.56 Å². The van der Waals surface area contributed by atoms with Crippen molar-refractivity contribution in [2.24, 2.45) is 5.92 Å². The van der Waals surface area contributed by atoms with Crippen molar-refractivity contribution in [3.05, 3.63) is 40.3 Å². The van der Waals surface area contributed by atoms with Crippen LogP contribution in [0.2, 0.25) is 0 Å². The van der Waals surface area contributed by atoms with Crippen LogP contribution in [-0.2, 0) is 6.42 Å². The Bertz CT molecular complexity index is 563. The Balaban J connectivity index is 1.96. The molecule has 1 N–H and O–H groups in total. The van der Waals surface area contributed by atoms with Gasteiger partial charge in [0, 0.05) is 23.0 Å². The number of oxazole rings is 1. The van der Waals surface area contributed by atoms with Crippen LogP contribution in [-0.4, -0.2) is 18.1 Å². The van der Waals surface area contributed by atoms with Crippen LogP contribution in [0.15, 0.2) is 33.3 Å². The molecular formula is C16H21BrN2O. The van der Waals surface area contributed by atoms with Gasteiger partial charge in [0.15, 0.2) is 11.7 Å². The van der Waals surface area contributed by atoms with E-state index in [2.05, 4.69) is 65.2 Å². The Morgan fingerprint density at radius 1 is 1.35 bits per heavy atom. The molecule has 0 atom stereocenters. The minimum absolute atomic E-state index is 0.667. The van der Waals surface area contributed by atoms with Crippen molar-refractivity contribution >= 4 is 15.9 Å². The molecule has 2 aromatic rings. The van der Waals surface area contributed by atoms with E-state index in [4.69, 9.17) is 4.42 Å². The third-order valence-electron chi connectivity index (χ3n) is 3.08. The Kier molecular flexibility index (Phi) is 5.38. The summed E-state index contributed by atoms with van der Waals surface area (Å²) in [4.78, 5) is 4.34. The Morgan fingerprint density at radius 3 is 2.85 bits per heavy atom. The van der Waals surface area contributed by atoms with Crippen LogP contribution in [0, 0.1) is 12.8 Å². The maximum absolute atomic E-state index is 5.80. The zero-order chi connectivity index (χ0) is 14.5. The molecule has 0 spiro atoms. The molecule has 2 rings (SSSR count). The number of aryl methyl sites for hydroxylation is 1. The number of hydrogen-bond donors (Lipinski definition) is 1. The summed E-state index contributed by atoms with van der Waals surface area (Å²) in [5, 5.41) is 3.39. The van der Waals surface area contributed by atoms with E-state index in [9.17, 15) is 0 Å². The van der Waals surface area contributed by atoms with E-state index in [0.717, 1.165) is 41.2 Å². The van der Waals surface area contributed by atoms with Gasteiger partial charge in [-0.3, -0.25) is 0 Å². The van der Waals surface area contributed by atoms with Crippen molar-refractivity contribution in [2.75, 3.05) is 13.1 Å². The van der Waals surface area contributed by atoms with Gasteiger partial charge in [-0.25, -0.2) is 4.98 Å². The van der Waals surface area contributed by atoms with E-state index in [0.29, 0.717) is 5.92 Å². The lowest BCUT2D eigenvalue weighted by Crippen LogP contribution is -2.22. The molecule has 0 aliphatic carbocycles. The number of halogens is 1. The first-order valence-corrected chi connectivity index (χ1v) is 7.77. The second kappa shape index (κ2) is 7.04. The van der Waals surface area contributed by atoms with Crippen LogP contribution in [0.3, 0.4) is 0 Å². The standard InChI is InChI=1S/C16H21BrN2O/c1-11(2)9-18-7-6-16-19-10-15(20-16)13-5-4-12(3)14(17)8-13/h4-5,8,10-11,18H,6-7,9H2,1-3H3.